The van der Waals surface area contributed by atoms with E-state index in [0.29, 0.717) is 12.3 Å². The Labute approximate surface area is 61.1 Å². The maximum Gasteiger partial charge on any atom is 0.160 e. The van der Waals surface area contributed by atoms with Crippen LogP contribution in [0.2, 0.25) is 0 Å². The van der Waals surface area contributed by atoms with Gasteiger partial charge in [-0.1, -0.05) is 6.92 Å². The second-order valence-corrected chi connectivity index (χ2v) is 2.96. The van der Waals surface area contributed by atoms with Gasteiger partial charge in [0.15, 0.2) is 5.78 Å². The third kappa shape index (κ3) is 1.38. The lowest BCUT2D eigenvalue weighted by Gasteiger charge is -2.18. The number of nitrogens with two attached hydrogens (primary N) is 1. The maximum absolute atomic E-state index is 11.0. The molecule has 1 saturated carbocycles. The molecule has 0 radical (unpaired) electrons. The van der Waals surface area contributed by atoms with Crippen molar-refractivity contribution >= 4 is 5.78 Å². The van der Waals surface area contributed by atoms with E-state index in [1.165, 1.54) is 6.20 Å². The summed E-state index contributed by atoms with van der Waals surface area (Å²) in [4.78, 5) is 11.0. The first kappa shape index (κ1) is 7.32. The van der Waals surface area contributed by atoms with Crippen LogP contribution in [0.3, 0.4) is 0 Å². The predicted molar refractivity (Wildman–Crippen MR) is 40.3 cm³/mol. The van der Waals surface area contributed by atoms with E-state index in [0.717, 1.165) is 18.4 Å². The number of carbonyl (C=O) groups excluding carboxylic acids is 1. The Bertz CT molecular complexity index is 172. The van der Waals surface area contributed by atoms with Gasteiger partial charge in [-0.25, -0.2) is 0 Å². The molecule has 1 fully saturated rings. The first-order chi connectivity index (χ1) is 4.74. The molecular weight excluding hydrogens is 126 g/mol. The van der Waals surface area contributed by atoms with Gasteiger partial charge >= 0.3 is 0 Å². The Kier molecular flexibility index (Phi) is 2.10. The molecule has 0 aliphatic heterocycles. The summed E-state index contributed by atoms with van der Waals surface area (Å²) in [5.74, 6) is 0.869. The fourth-order valence-electron chi connectivity index (χ4n) is 1.29. The maximum atomic E-state index is 11.0. The molecule has 56 valence electrons. The molecule has 0 aromatic carbocycles. The molecule has 1 rings (SSSR count). The lowest BCUT2D eigenvalue weighted by Crippen LogP contribution is -2.15. The molecule has 2 heteroatoms. The molecule has 2 nitrogen and oxygen atoms in total. The predicted octanol–water partition coefficient (Wildman–Crippen LogP) is 1.22. The topological polar surface area (TPSA) is 43.1 Å². The number of allylic oxidation sites excluding steroid dienone is 1. The summed E-state index contributed by atoms with van der Waals surface area (Å²) in [6, 6.07) is 0. The van der Waals surface area contributed by atoms with Crippen LogP contribution < -0.4 is 5.73 Å². The molecule has 0 aromatic heterocycles. The molecule has 0 amide bonds. The molecule has 0 spiro atoms. The zero-order valence-corrected chi connectivity index (χ0v) is 6.26. The highest BCUT2D eigenvalue weighted by Gasteiger charge is 2.19. The van der Waals surface area contributed by atoms with Crippen molar-refractivity contribution in [1.82, 2.24) is 0 Å². The molecule has 1 aliphatic carbocycles. The molecule has 1 atom stereocenters. The molecule has 2 N–H and O–H groups in total. The van der Waals surface area contributed by atoms with Crippen LogP contribution in [0.25, 0.3) is 0 Å². The van der Waals surface area contributed by atoms with E-state index in [2.05, 4.69) is 6.92 Å². The second-order valence-electron chi connectivity index (χ2n) is 2.96. The number of hydrogen-bond acceptors (Lipinski definition) is 2. The van der Waals surface area contributed by atoms with Crippen LogP contribution >= 0.6 is 0 Å². The van der Waals surface area contributed by atoms with E-state index < -0.39 is 0 Å². The van der Waals surface area contributed by atoms with Gasteiger partial charge in [-0.2, -0.15) is 0 Å². The van der Waals surface area contributed by atoms with Crippen molar-refractivity contribution in [2.45, 2.75) is 26.2 Å². The van der Waals surface area contributed by atoms with Gasteiger partial charge in [0.1, 0.15) is 0 Å². The fourth-order valence-corrected chi connectivity index (χ4v) is 1.29. The van der Waals surface area contributed by atoms with Crippen LogP contribution in [0.4, 0.5) is 0 Å². The monoisotopic (exact) mass is 139 g/mol. The minimum absolute atomic E-state index is 0.237. The number of rotatable bonds is 0. The summed E-state index contributed by atoms with van der Waals surface area (Å²) >= 11 is 0. The van der Waals surface area contributed by atoms with Gasteiger partial charge in [0.05, 0.1) is 0 Å². The Morgan fingerprint density at radius 3 is 2.90 bits per heavy atom. The van der Waals surface area contributed by atoms with Gasteiger partial charge in [-0.05, 0) is 18.8 Å². The van der Waals surface area contributed by atoms with E-state index in [1.54, 1.807) is 0 Å². The smallest absolute Gasteiger partial charge is 0.160 e. The van der Waals surface area contributed by atoms with Crippen LogP contribution in [0.15, 0.2) is 11.8 Å². The van der Waals surface area contributed by atoms with Crippen molar-refractivity contribution in [3.05, 3.63) is 11.8 Å². The SMILES string of the molecule is CC1CCC(=O)/C(=C\N)C1. The molecule has 0 bridgehead atoms. The Balaban J connectivity index is 2.63. The van der Waals surface area contributed by atoms with Crippen molar-refractivity contribution in [1.29, 1.82) is 0 Å². The fraction of sp³-hybridized carbons (Fsp3) is 0.625. The molecule has 1 aliphatic rings. The lowest BCUT2D eigenvalue weighted by atomic mass is 9.86. The van der Waals surface area contributed by atoms with Gasteiger partial charge in [0.25, 0.3) is 0 Å². The van der Waals surface area contributed by atoms with Gasteiger partial charge < -0.3 is 5.73 Å². The van der Waals surface area contributed by atoms with E-state index >= 15 is 0 Å². The number of carbonyl (C=O) groups is 1. The summed E-state index contributed by atoms with van der Waals surface area (Å²) in [7, 11) is 0. The summed E-state index contributed by atoms with van der Waals surface area (Å²) < 4.78 is 0. The first-order valence-electron chi connectivity index (χ1n) is 3.68. The van der Waals surface area contributed by atoms with Gasteiger partial charge in [0.2, 0.25) is 0 Å². The summed E-state index contributed by atoms with van der Waals surface area (Å²) in [6.45, 7) is 2.15. The quantitative estimate of drug-likeness (QED) is 0.513. The van der Waals surface area contributed by atoms with E-state index in [9.17, 15) is 4.79 Å². The van der Waals surface area contributed by atoms with Crippen LogP contribution in [-0.4, -0.2) is 5.78 Å². The standard InChI is InChI=1S/C8H13NO/c1-6-2-3-8(10)7(4-6)5-9/h5-6H,2-4,9H2,1H3/b7-5-. The van der Waals surface area contributed by atoms with Crippen LogP contribution in [0.1, 0.15) is 26.2 Å². The average molecular weight is 139 g/mol. The van der Waals surface area contributed by atoms with Crippen LogP contribution in [0.5, 0.6) is 0 Å². The second kappa shape index (κ2) is 2.86. The first-order valence-corrected chi connectivity index (χ1v) is 3.68. The Morgan fingerprint density at radius 1 is 1.70 bits per heavy atom. The zero-order valence-electron chi connectivity index (χ0n) is 6.26. The largest absolute Gasteiger partial charge is 0.404 e. The number of Topliss-reactive ketones (excluding diaryl/α,β-unsaturated/α-hetero) is 1. The minimum Gasteiger partial charge on any atom is -0.404 e. The third-order valence-electron chi connectivity index (χ3n) is 1.99. The number of ketones is 1. The summed E-state index contributed by atoms with van der Waals surface area (Å²) in [6.07, 6.45) is 4.04. The molecule has 1 unspecified atom stereocenters. The molecule has 0 aromatic rings. The third-order valence-corrected chi connectivity index (χ3v) is 1.99. The van der Waals surface area contributed by atoms with Crippen molar-refractivity contribution < 1.29 is 4.79 Å². The lowest BCUT2D eigenvalue weighted by molar-refractivity contribution is -0.116. The van der Waals surface area contributed by atoms with Crippen molar-refractivity contribution in [2.75, 3.05) is 0 Å². The van der Waals surface area contributed by atoms with Gasteiger partial charge in [-0.15, -0.1) is 0 Å². The Hall–Kier alpha value is -0.790. The van der Waals surface area contributed by atoms with E-state index in [-0.39, 0.29) is 5.78 Å². The zero-order chi connectivity index (χ0) is 7.56. The highest BCUT2D eigenvalue weighted by molar-refractivity contribution is 5.95. The highest BCUT2D eigenvalue weighted by atomic mass is 16.1. The van der Waals surface area contributed by atoms with Crippen molar-refractivity contribution in [3.63, 3.8) is 0 Å². The minimum atomic E-state index is 0.237. The molecule has 10 heavy (non-hydrogen) atoms. The molecular formula is C8H13NO. The van der Waals surface area contributed by atoms with Crippen LogP contribution in [-0.2, 0) is 4.79 Å². The van der Waals surface area contributed by atoms with Gasteiger partial charge in [0, 0.05) is 18.2 Å². The van der Waals surface area contributed by atoms with E-state index in [1.807, 2.05) is 0 Å². The van der Waals surface area contributed by atoms with Crippen molar-refractivity contribution in [3.8, 4) is 0 Å². The normalized spacial score (nSPS) is 31.1. The highest BCUT2D eigenvalue weighted by Crippen LogP contribution is 2.24. The van der Waals surface area contributed by atoms with E-state index in [4.69, 9.17) is 5.73 Å². The van der Waals surface area contributed by atoms with Crippen LogP contribution in [0, 0.1) is 5.92 Å². The average Bonchev–Trinajstić information content (AvgIpc) is 1.94. The van der Waals surface area contributed by atoms with Crippen molar-refractivity contribution in [2.24, 2.45) is 11.7 Å². The van der Waals surface area contributed by atoms with Gasteiger partial charge in [-0.3, -0.25) is 4.79 Å². The summed E-state index contributed by atoms with van der Waals surface area (Å²) in [5, 5.41) is 0. The summed E-state index contributed by atoms with van der Waals surface area (Å²) in [5.41, 5.74) is 6.09. The molecule has 0 saturated heterocycles. The molecule has 0 heterocycles. The Morgan fingerprint density at radius 2 is 2.40 bits per heavy atom. The number of hydrogen-bond donors (Lipinski definition) is 1.